The number of nitrogens with one attached hydrogen (secondary N) is 1. The van der Waals surface area contributed by atoms with Crippen molar-refractivity contribution in [3.63, 3.8) is 0 Å². The first kappa shape index (κ1) is 16.8. The van der Waals surface area contributed by atoms with Gasteiger partial charge in [-0.1, -0.05) is 40.7 Å². The van der Waals surface area contributed by atoms with Crippen molar-refractivity contribution in [3.05, 3.63) is 23.9 Å². The molecule has 0 aliphatic carbocycles. The smallest absolute Gasteiger partial charge is 0.130 e. The first-order valence-electron chi connectivity index (χ1n) is 9.03. The van der Waals surface area contributed by atoms with E-state index < -0.39 is 0 Å². The lowest BCUT2D eigenvalue weighted by Crippen LogP contribution is -2.56. The first-order valence-corrected chi connectivity index (χ1v) is 9.03. The second kappa shape index (κ2) is 5.20. The van der Waals surface area contributed by atoms with Crippen molar-refractivity contribution in [2.24, 2.45) is 17.3 Å². The zero-order valence-corrected chi connectivity index (χ0v) is 16.0. The van der Waals surface area contributed by atoms with Crippen molar-refractivity contribution in [2.75, 3.05) is 5.32 Å². The summed E-state index contributed by atoms with van der Waals surface area (Å²) in [7, 11) is 0. The molecule has 3 heteroatoms. The SMILES string of the molecule is CC(C)C1C2c3cccnc3NC2N(C(C)(C)C)C1C(C)(C)C. The Labute approximate surface area is 141 Å². The van der Waals surface area contributed by atoms with Crippen LogP contribution in [0.1, 0.15) is 66.9 Å². The highest BCUT2D eigenvalue weighted by Gasteiger charge is 2.59. The molecule has 0 bridgehead atoms. The molecule has 0 amide bonds. The number of anilines is 1. The summed E-state index contributed by atoms with van der Waals surface area (Å²) in [4.78, 5) is 7.34. The highest BCUT2D eigenvalue weighted by Crippen LogP contribution is 2.56. The zero-order valence-electron chi connectivity index (χ0n) is 16.0. The predicted molar refractivity (Wildman–Crippen MR) is 97.6 cm³/mol. The van der Waals surface area contributed by atoms with Gasteiger partial charge in [-0.2, -0.15) is 0 Å². The van der Waals surface area contributed by atoms with Crippen LogP contribution in [0.15, 0.2) is 18.3 Å². The molecule has 0 saturated carbocycles. The monoisotopic (exact) mass is 315 g/mol. The lowest BCUT2D eigenvalue weighted by Gasteiger charge is -2.47. The molecule has 0 spiro atoms. The number of fused-ring (bicyclic) bond motifs is 3. The van der Waals surface area contributed by atoms with Gasteiger partial charge in [0.2, 0.25) is 0 Å². The quantitative estimate of drug-likeness (QED) is 0.813. The Balaban J connectivity index is 2.16. The molecule has 4 unspecified atom stereocenters. The normalized spacial score (nSPS) is 31.2. The van der Waals surface area contributed by atoms with E-state index in [0.29, 0.717) is 30.0 Å². The summed E-state index contributed by atoms with van der Waals surface area (Å²) < 4.78 is 0. The van der Waals surface area contributed by atoms with Crippen LogP contribution in [0.3, 0.4) is 0 Å². The minimum Gasteiger partial charge on any atom is -0.354 e. The highest BCUT2D eigenvalue weighted by atomic mass is 15.4. The van der Waals surface area contributed by atoms with Crippen LogP contribution in [0.4, 0.5) is 5.82 Å². The standard InChI is InChI=1S/C20H33N3/c1-12(2)14-15-13-10-9-11-21-17(13)22-18(15)23(20(6,7)8)16(14)19(3,4)5/h9-12,14-16,18H,1-8H3,(H,21,22). The molecule has 1 fully saturated rings. The molecule has 128 valence electrons. The van der Waals surface area contributed by atoms with Gasteiger partial charge < -0.3 is 5.32 Å². The third kappa shape index (κ3) is 2.57. The Bertz CT molecular complexity index is 579. The largest absolute Gasteiger partial charge is 0.354 e. The third-order valence-corrected chi connectivity index (χ3v) is 5.63. The van der Waals surface area contributed by atoms with Crippen molar-refractivity contribution in [3.8, 4) is 0 Å². The summed E-state index contributed by atoms with van der Waals surface area (Å²) in [5.41, 5.74) is 1.79. The van der Waals surface area contributed by atoms with E-state index >= 15 is 0 Å². The van der Waals surface area contributed by atoms with Crippen LogP contribution in [-0.2, 0) is 0 Å². The van der Waals surface area contributed by atoms with Gasteiger partial charge in [-0.15, -0.1) is 0 Å². The summed E-state index contributed by atoms with van der Waals surface area (Å²) in [6.07, 6.45) is 2.26. The Hall–Kier alpha value is -1.09. The molecule has 1 saturated heterocycles. The lowest BCUT2D eigenvalue weighted by atomic mass is 9.70. The second-order valence-electron chi connectivity index (χ2n) is 9.77. The fourth-order valence-electron chi connectivity index (χ4n) is 5.03. The van der Waals surface area contributed by atoms with Crippen LogP contribution < -0.4 is 5.32 Å². The summed E-state index contributed by atoms with van der Waals surface area (Å²) in [6.45, 7) is 19.0. The maximum absolute atomic E-state index is 4.60. The molecule has 1 N–H and O–H groups in total. The Morgan fingerprint density at radius 3 is 2.30 bits per heavy atom. The maximum atomic E-state index is 4.60. The number of hydrogen-bond donors (Lipinski definition) is 1. The van der Waals surface area contributed by atoms with Crippen LogP contribution in [0, 0.1) is 17.3 Å². The minimum atomic E-state index is 0.125. The van der Waals surface area contributed by atoms with E-state index in [1.807, 2.05) is 6.20 Å². The van der Waals surface area contributed by atoms with Gasteiger partial charge in [-0.25, -0.2) is 4.98 Å². The van der Waals surface area contributed by atoms with Gasteiger partial charge in [0, 0.05) is 29.3 Å². The first-order chi connectivity index (χ1) is 10.5. The summed E-state index contributed by atoms with van der Waals surface area (Å²) in [5, 5.41) is 3.75. The fraction of sp³-hybridized carbons (Fsp3) is 0.750. The molecule has 1 aromatic heterocycles. The fourth-order valence-corrected chi connectivity index (χ4v) is 5.03. The van der Waals surface area contributed by atoms with Crippen molar-refractivity contribution >= 4 is 5.82 Å². The maximum Gasteiger partial charge on any atom is 0.130 e. The average molecular weight is 316 g/mol. The third-order valence-electron chi connectivity index (χ3n) is 5.63. The lowest BCUT2D eigenvalue weighted by molar-refractivity contribution is 0.0122. The van der Waals surface area contributed by atoms with Gasteiger partial charge in [0.05, 0.1) is 6.17 Å². The Morgan fingerprint density at radius 2 is 1.78 bits per heavy atom. The van der Waals surface area contributed by atoms with E-state index in [4.69, 9.17) is 0 Å². The number of likely N-dealkylation sites (tertiary alicyclic amines) is 1. The van der Waals surface area contributed by atoms with Gasteiger partial charge in [-0.05, 0) is 44.1 Å². The van der Waals surface area contributed by atoms with Crippen molar-refractivity contribution < 1.29 is 0 Å². The molecule has 3 heterocycles. The van der Waals surface area contributed by atoms with E-state index in [1.54, 1.807) is 0 Å². The van der Waals surface area contributed by atoms with Crippen molar-refractivity contribution in [1.82, 2.24) is 9.88 Å². The van der Waals surface area contributed by atoms with E-state index in [9.17, 15) is 0 Å². The van der Waals surface area contributed by atoms with Crippen LogP contribution in [0.25, 0.3) is 0 Å². The zero-order chi connectivity index (χ0) is 17.2. The number of hydrogen-bond acceptors (Lipinski definition) is 3. The Morgan fingerprint density at radius 1 is 1.13 bits per heavy atom. The van der Waals surface area contributed by atoms with Gasteiger partial charge in [0.15, 0.2) is 0 Å². The van der Waals surface area contributed by atoms with E-state index in [1.165, 1.54) is 5.56 Å². The Kier molecular flexibility index (Phi) is 3.79. The van der Waals surface area contributed by atoms with Gasteiger partial charge in [-0.3, -0.25) is 4.90 Å². The average Bonchev–Trinajstić information content (AvgIpc) is 2.89. The molecule has 2 aliphatic heterocycles. The highest BCUT2D eigenvalue weighted by molar-refractivity contribution is 5.55. The predicted octanol–water partition coefficient (Wildman–Crippen LogP) is 4.72. The van der Waals surface area contributed by atoms with E-state index in [0.717, 1.165) is 5.82 Å². The molecular weight excluding hydrogens is 282 g/mol. The number of pyridine rings is 1. The number of aromatic nitrogens is 1. The number of rotatable bonds is 1. The van der Waals surface area contributed by atoms with E-state index in [-0.39, 0.29) is 11.0 Å². The van der Waals surface area contributed by atoms with Gasteiger partial charge in [0.25, 0.3) is 0 Å². The minimum absolute atomic E-state index is 0.125. The molecule has 23 heavy (non-hydrogen) atoms. The van der Waals surface area contributed by atoms with Gasteiger partial charge >= 0.3 is 0 Å². The molecule has 4 atom stereocenters. The second-order valence-corrected chi connectivity index (χ2v) is 9.77. The molecule has 3 nitrogen and oxygen atoms in total. The number of nitrogens with zero attached hydrogens (tertiary/aromatic N) is 2. The summed E-state index contributed by atoms with van der Waals surface area (Å²) >= 11 is 0. The van der Waals surface area contributed by atoms with E-state index in [2.05, 4.69) is 82.7 Å². The van der Waals surface area contributed by atoms with Crippen molar-refractivity contribution in [1.29, 1.82) is 0 Å². The summed E-state index contributed by atoms with van der Waals surface area (Å²) in [6, 6.07) is 4.92. The van der Waals surface area contributed by atoms with Gasteiger partial charge in [0.1, 0.15) is 5.82 Å². The molecule has 1 aromatic rings. The van der Waals surface area contributed by atoms with Crippen molar-refractivity contribution in [2.45, 2.75) is 79.1 Å². The van der Waals surface area contributed by atoms with Crippen LogP contribution in [0.5, 0.6) is 0 Å². The topological polar surface area (TPSA) is 28.2 Å². The molecular formula is C20H33N3. The molecule has 2 aliphatic rings. The van der Waals surface area contributed by atoms with Crippen LogP contribution in [0.2, 0.25) is 0 Å². The summed E-state index contributed by atoms with van der Waals surface area (Å²) in [5.74, 6) is 2.90. The molecule has 3 rings (SSSR count). The van der Waals surface area contributed by atoms with Crippen LogP contribution in [-0.4, -0.2) is 27.6 Å². The van der Waals surface area contributed by atoms with Crippen LogP contribution >= 0.6 is 0 Å². The molecule has 0 radical (unpaired) electrons. The molecule has 0 aromatic carbocycles.